The van der Waals surface area contributed by atoms with E-state index in [9.17, 15) is 14.9 Å². The van der Waals surface area contributed by atoms with Gasteiger partial charge in [-0.2, -0.15) is 5.10 Å². The van der Waals surface area contributed by atoms with Crippen LogP contribution in [-0.4, -0.2) is 29.6 Å². The summed E-state index contributed by atoms with van der Waals surface area (Å²) in [5.41, 5.74) is 4.43. The number of nitrogens with zero attached hydrogens (tertiary/aromatic N) is 3. The van der Waals surface area contributed by atoms with Gasteiger partial charge in [0.25, 0.3) is 5.69 Å². The Morgan fingerprint density at radius 3 is 2.57 bits per heavy atom. The predicted octanol–water partition coefficient (Wildman–Crippen LogP) is 2.06. The number of benzene rings is 1. The van der Waals surface area contributed by atoms with Crippen LogP contribution in [0.2, 0.25) is 0 Å². The second-order valence-corrected chi connectivity index (χ2v) is 4.73. The van der Waals surface area contributed by atoms with Crippen molar-refractivity contribution >= 4 is 23.0 Å². The maximum atomic E-state index is 11.3. The molecule has 7 nitrogen and oxygen atoms in total. The van der Waals surface area contributed by atoms with E-state index in [1.165, 1.54) is 6.07 Å². The van der Waals surface area contributed by atoms with Crippen molar-refractivity contribution in [3.8, 4) is 0 Å². The van der Waals surface area contributed by atoms with E-state index in [1.807, 2.05) is 24.8 Å². The molecule has 0 aliphatic carbocycles. The van der Waals surface area contributed by atoms with Gasteiger partial charge in [-0.25, -0.2) is 5.43 Å². The second-order valence-electron chi connectivity index (χ2n) is 4.73. The van der Waals surface area contributed by atoms with E-state index in [0.717, 1.165) is 0 Å². The van der Waals surface area contributed by atoms with Crippen LogP contribution >= 0.6 is 0 Å². The standard InChI is InChI=1S/C14H18N4O3/c1-3-17(4-2)12-7-5-10(9-13(12)18(20)21)11-6-8-14(19)16-15-11/h5,7,9H,3-4,6,8H2,1-2H3,(H,16,19). The van der Waals surface area contributed by atoms with Crippen LogP contribution < -0.4 is 10.3 Å². The first-order valence-corrected chi connectivity index (χ1v) is 6.96. The Kier molecular flexibility index (Phi) is 4.52. The SMILES string of the molecule is CCN(CC)c1ccc(C2=NNC(=O)CC2)cc1[N+](=O)[O-]. The van der Waals surface area contributed by atoms with Gasteiger partial charge in [0.2, 0.25) is 5.91 Å². The highest BCUT2D eigenvalue weighted by Gasteiger charge is 2.21. The molecule has 2 rings (SSSR count). The largest absolute Gasteiger partial charge is 0.367 e. The summed E-state index contributed by atoms with van der Waals surface area (Å²) in [7, 11) is 0. The van der Waals surface area contributed by atoms with Crippen molar-refractivity contribution < 1.29 is 9.72 Å². The summed E-state index contributed by atoms with van der Waals surface area (Å²) in [5, 5.41) is 15.3. The summed E-state index contributed by atoms with van der Waals surface area (Å²) in [6.45, 7) is 5.32. The van der Waals surface area contributed by atoms with Crippen LogP contribution in [0.1, 0.15) is 32.3 Å². The van der Waals surface area contributed by atoms with E-state index in [-0.39, 0.29) is 16.5 Å². The molecule has 1 aromatic rings. The average Bonchev–Trinajstić information content (AvgIpc) is 2.49. The summed E-state index contributed by atoms with van der Waals surface area (Å²) < 4.78 is 0. The zero-order chi connectivity index (χ0) is 15.4. The van der Waals surface area contributed by atoms with Crippen molar-refractivity contribution in [1.82, 2.24) is 5.43 Å². The molecule has 0 aromatic heterocycles. The number of amides is 1. The normalized spacial score (nSPS) is 14.4. The lowest BCUT2D eigenvalue weighted by Gasteiger charge is -2.21. The first kappa shape index (κ1) is 15.0. The lowest BCUT2D eigenvalue weighted by molar-refractivity contribution is -0.384. The van der Waals surface area contributed by atoms with E-state index < -0.39 is 0 Å². The molecule has 0 saturated heterocycles. The van der Waals surface area contributed by atoms with Gasteiger partial charge in [0.15, 0.2) is 0 Å². The van der Waals surface area contributed by atoms with Crippen molar-refractivity contribution in [3.63, 3.8) is 0 Å². The molecule has 1 amide bonds. The molecule has 0 radical (unpaired) electrons. The highest BCUT2D eigenvalue weighted by Crippen LogP contribution is 2.30. The molecule has 0 fully saturated rings. The van der Waals surface area contributed by atoms with Crippen molar-refractivity contribution in [2.75, 3.05) is 18.0 Å². The van der Waals surface area contributed by atoms with Gasteiger partial charge in [0, 0.05) is 37.6 Å². The molecular weight excluding hydrogens is 272 g/mol. The van der Waals surface area contributed by atoms with Crippen LogP contribution in [0.5, 0.6) is 0 Å². The van der Waals surface area contributed by atoms with E-state index in [1.54, 1.807) is 6.07 Å². The number of hydrazone groups is 1. The molecule has 1 aliphatic rings. The van der Waals surface area contributed by atoms with Gasteiger partial charge in [-0.05, 0) is 19.9 Å². The van der Waals surface area contributed by atoms with Gasteiger partial charge in [-0.1, -0.05) is 6.07 Å². The highest BCUT2D eigenvalue weighted by atomic mass is 16.6. The number of hydrogen-bond donors (Lipinski definition) is 1. The number of hydrogen-bond acceptors (Lipinski definition) is 5. The number of nitrogens with one attached hydrogen (secondary N) is 1. The molecule has 1 aliphatic heterocycles. The number of nitro groups is 1. The third kappa shape index (κ3) is 3.18. The van der Waals surface area contributed by atoms with E-state index in [4.69, 9.17) is 0 Å². The van der Waals surface area contributed by atoms with Crippen LogP contribution in [0.3, 0.4) is 0 Å². The maximum Gasteiger partial charge on any atom is 0.293 e. The zero-order valence-electron chi connectivity index (χ0n) is 12.1. The quantitative estimate of drug-likeness (QED) is 0.664. The Balaban J connectivity index is 2.41. The van der Waals surface area contributed by atoms with Crippen LogP contribution in [0.4, 0.5) is 11.4 Å². The summed E-state index contributed by atoms with van der Waals surface area (Å²) in [4.78, 5) is 24.0. The van der Waals surface area contributed by atoms with Gasteiger partial charge in [-0.15, -0.1) is 0 Å². The molecular formula is C14H18N4O3. The molecule has 1 aromatic carbocycles. The molecule has 1 heterocycles. The molecule has 0 bridgehead atoms. The summed E-state index contributed by atoms with van der Waals surface area (Å²) in [6.07, 6.45) is 0.845. The number of carbonyl (C=O) groups is 1. The maximum absolute atomic E-state index is 11.3. The summed E-state index contributed by atoms with van der Waals surface area (Å²) in [6, 6.07) is 5.10. The Hall–Kier alpha value is -2.44. The monoisotopic (exact) mass is 290 g/mol. The third-order valence-corrected chi connectivity index (χ3v) is 3.51. The number of anilines is 1. The summed E-state index contributed by atoms with van der Waals surface area (Å²) in [5.74, 6) is -0.131. The van der Waals surface area contributed by atoms with Crippen LogP contribution in [0.15, 0.2) is 23.3 Å². The molecule has 0 saturated carbocycles. The van der Waals surface area contributed by atoms with E-state index in [0.29, 0.717) is 42.9 Å². The van der Waals surface area contributed by atoms with Gasteiger partial charge in [-0.3, -0.25) is 14.9 Å². The van der Waals surface area contributed by atoms with Gasteiger partial charge in [0.05, 0.1) is 10.6 Å². The Bertz CT molecular complexity index is 594. The fourth-order valence-electron chi connectivity index (χ4n) is 2.36. The topological polar surface area (TPSA) is 87.8 Å². The molecule has 0 unspecified atom stereocenters. The van der Waals surface area contributed by atoms with E-state index in [2.05, 4.69) is 10.5 Å². The van der Waals surface area contributed by atoms with Crippen molar-refractivity contribution in [3.05, 3.63) is 33.9 Å². The van der Waals surface area contributed by atoms with Crippen molar-refractivity contribution in [2.24, 2.45) is 5.10 Å². The van der Waals surface area contributed by atoms with Gasteiger partial charge < -0.3 is 4.90 Å². The number of rotatable bonds is 5. The molecule has 0 spiro atoms. The van der Waals surface area contributed by atoms with Gasteiger partial charge in [0.1, 0.15) is 5.69 Å². The fraction of sp³-hybridized carbons (Fsp3) is 0.429. The minimum absolute atomic E-state index is 0.0656. The zero-order valence-corrected chi connectivity index (χ0v) is 12.1. The number of carbonyl (C=O) groups excluding carboxylic acids is 1. The van der Waals surface area contributed by atoms with E-state index >= 15 is 0 Å². The minimum Gasteiger partial charge on any atom is -0.367 e. The average molecular weight is 290 g/mol. The lowest BCUT2D eigenvalue weighted by atomic mass is 10.0. The van der Waals surface area contributed by atoms with Crippen LogP contribution in [0, 0.1) is 10.1 Å². The third-order valence-electron chi connectivity index (χ3n) is 3.51. The highest BCUT2D eigenvalue weighted by molar-refractivity contribution is 6.05. The predicted molar refractivity (Wildman–Crippen MR) is 80.6 cm³/mol. The van der Waals surface area contributed by atoms with Gasteiger partial charge >= 0.3 is 0 Å². The Morgan fingerprint density at radius 2 is 2.05 bits per heavy atom. The molecule has 112 valence electrons. The Morgan fingerprint density at radius 1 is 1.33 bits per heavy atom. The summed E-state index contributed by atoms with van der Waals surface area (Å²) >= 11 is 0. The van der Waals surface area contributed by atoms with Crippen molar-refractivity contribution in [1.29, 1.82) is 0 Å². The Labute approximate surface area is 122 Å². The van der Waals surface area contributed by atoms with Crippen molar-refractivity contribution in [2.45, 2.75) is 26.7 Å². The minimum atomic E-state index is -0.376. The van der Waals surface area contributed by atoms with Crippen LogP contribution in [-0.2, 0) is 4.79 Å². The fourth-order valence-corrected chi connectivity index (χ4v) is 2.36. The molecule has 7 heteroatoms. The lowest BCUT2D eigenvalue weighted by Crippen LogP contribution is -2.26. The number of nitro benzene ring substituents is 1. The first-order chi connectivity index (χ1) is 10.1. The molecule has 21 heavy (non-hydrogen) atoms. The van der Waals surface area contributed by atoms with Crippen LogP contribution in [0.25, 0.3) is 0 Å². The molecule has 0 atom stereocenters. The second kappa shape index (κ2) is 6.34. The smallest absolute Gasteiger partial charge is 0.293 e. The molecule has 1 N–H and O–H groups in total. The first-order valence-electron chi connectivity index (χ1n) is 6.96.